The number of aryl methyl sites for hydroxylation is 1. The van der Waals surface area contributed by atoms with Gasteiger partial charge in [-0.25, -0.2) is 4.39 Å². The molecule has 5 nitrogen and oxygen atoms in total. The topological polar surface area (TPSA) is 72.9 Å². The lowest BCUT2D eigenvalue weighted by atomic mass is 10.1. The Labute approximate surface area is 149 Å². The average molecular weight is 358 g/mol. The summed E-state index contributed by atoms with van der Waals surface area (Å²) in [5, 5.41) is 9.02. The fraction of sp³-hybridized carbons (Fsp3) is 0.222. The first-order valence-corrected chi connectivity index (χ1v) is 8.77. The van der Waals surface area contributed by atoms with Crippen molar-refractivity contribution in [2.75, 3.05) is 6.54 Å². The molecule has 3 N–H and O–H groups in total. The van der Waals surface area contributed by atoms with Crippen molar-refractivity contribution in [2.45, 2.75) is 12.5 Å². The molecule has 2 aromatic heterocycles. The quantitative estimate of drug-likeness (QED) is 0.711. The van der Waals surface area contributed by atoms with Crippen molar-refractivity contribution in [3.05, 3.63) is 64.2 Å². The summed E-state index contributed by atoms with van der Waals surface area (Å²) in [5.41, 5.74) is 8.62. The maximum absolute atomic E-state index is 13.0. The number of benzene rings is 1. The van der Waals surface area contributed by atoms with Crippen LogP contribution in [0.3, 0.4) is 0 Å². The highest BCUT2D eigenvalue weighted by molar-refractivity contribution is 7.12. The van der Waals surface area contributed by atoms with Gasteiger partial charge in [0.1, 0.15) is 5.82 Å². The van der Waals surface area contributed by atoms with Crippen molar-refractivity contribution in [3.63, 3.8) is 0 Å². The Hall–Kier alpha value is -2.51. The highest BCUT2D eigenvalue weighted by Crippen LogP contribution is 2.25. The van der Waals surface area contributed by atoms with E-state index in [1.165, 1.54) is 23.5 Å². The summed E-state index contributed by atoms with van der Waals surface area (Å²) >= 11 is 1.38. The van der Waals surface area contributed by atoms with Crippen LogP contribution >= 0.6 is 11.3 Å². The molecule has 130 valence electrons. The van der Waals surface area contributed by atoms with Gasteiger partial charge in [0.2, 0.25) is 0 Å². The van der Waals surface area contributed by atoms with Gasteiger partial charge in [-0.3, -0.25) is 9.48 Å². The predicted octanol–water partition coefficient (Wildman–Crippen LogP) is 2.59. The van der Waals surface area contributed by atoms with Crippen molar-refractivity contribution >= 4 is 17.2 Å². The minimum atomic E-state index is -0.279. The van der Waals surface area contributed by atoms with Gasteiger partial charge in [0.05, 0.1) is 10.6 Å². The second-order valence-corrected chi connectivity index (χ2v) is 6.69. The molecular formula is C18H19FN4OS. The second-order valence-electron chi connectivity index (χ2n) is 5.78. The Bertz CT molecular complexity index is 856. The molecule has 0 spiro atoms. The summed E-state index contributed by atoms with van der Waals surface area (Å²) in [5.74, 6) is -0.436. The van der Waals surface area contributed by atoms with Gasteiger partial charge in [0.25, 0.3) is 5.91 Å². The zero-order valence-electron chi connectivity index (χ0n) is 13.8. The number of aromatic nitrogens is 2. The number of rotatable bonds is 6. The second kappa shape index (κ2) is 7.58. The van der Waals surface area contributed by atoms with Crippen LogP contribution in [0.4, 0.5) is 4.39 Å². The first-order valence-electron chi connectivity index (χ1n) is 7.89. The van der Waals surface area contributed by atoms with Crippen molar-refractivity contribution in [1.82, 2.24) is 15.1 Å². The van der Waals surface area contributed by atoms with E-state index in [4.69, 9.17) is 5.73 Å². The van der Waals surface area contributed by atoms with Crippen LogP contribution in [0.2, 0.25) is 0 Å². The molecule has 0 bridgehead atoms. The van der Waals surface area contributed by atoms with Gasteiger partial charge in [0, 0.05) is 36.8 Å². The molecule has 0 radical (unpaired) electrons. The normalized spacial score (nSPS) is 12.1. The molecule has 0 saturated heterocycles. The van der Waals surface area contributed by atoms with E-state index in [1.807, 2.05) is 24.6 Å². The number of nitrogens with one attached hydrogen (secondary N) is 1. The molecule has 0 saturated carbocycles. The Balaban J connectivity index is 1.67. The number of amides is 1. The number of carbonyl (C=O) groups is 1. The first kappa shape index (κ1) is 17.3. The maximum atomic E-state index is 13.0. The van der Waals surface area contributed by atoms with E-state index in [9.17, 15) is 9.18 Å². The summed E-state index contributed by atoms with van der Waals surface area (Å²) in [4.78, 5) is 13.1. The SMILES string of the molecule is Cn1nccc1-c1csc(C(=O)N[C@H](CN)Cc2ccc(F)cc2)c1. The Morgan fingerprint density at radius 2 is 2.12 bits per heavy atom. The van der Waals surface area contributed by atoms with Gasteiger partial charge < -0.3 is 11.1 Å². The van der Waals surface area contributed by atoms with E-state index in [0.717, 1.165) is 16.8 Å². The molecule has 7 heteroatoms. The molecule has 0 fully saturated rings. The third-order valence-corrected chi connectivity index (χ3v) is 4.88. The summed E-state index contributed by atoms with van der Waals surface area (Å²) in [6.07, 6.45) is 2.28. The van der Waals surface area contributed by atoms with Gasteiger partial charge in [-0.15, -0.1) is 11.3 Å². The van der Waals surface area contributed by atoms with Crippen molar-refractivity contribution in [3.8, 4) is 11.3 Å². The molecule has 1 atom stereocenters. The van der Waals surface area contributed by atoms with E-state index in [-0.39, 0.29) is 17.8 Å². The standard InChI is InChI=1S/C18H19FN4OS/c1-23-16(6-7-21-23)13-9-17(25-11-13)18(24)22-15(10-20)8-12-2-4-14(19)5-3-12/h2-7,9,11,15H,8,10,20H2,1H3,(H,22,24)/t15-/m0/s1. The third kappa shape index (κ3) is 4.12. The van der Waals surface area contributed by atoms with Crippen LogP contribution in [0.25, 0.3) is 11.3 Å². The fourth-order valence-electron chi connectivity index (χ4n) is 2.60. The van der Waals surface area contributed by atoms with Crippen molar-refractivity contribution in [2.24, 2.45) is 12.8 Å². The Morgan fingerprint density at radius 1 is 1.36 bits per heavy atom. The van der Waals surface area contributed by atoms with Gasteiger partial charge in [-0.1, -0.05) is 12.1 Å². The molecule has 0 aliphatic carbocycles. The third-order valence-electron chi connectivity index (χ3n) is 3.96. The van der Waals surface area contributed by atoms with Gasteiger partial charge in [0.15, 0.2) is 0 Å². The molecule has 1 amide bonds. The fourth-order valence-corrected chi connectivity index (χ4v) is 3.41. The highest BCUT2D eigenvalue weighted by atomic mass is 32.1. The number of nitrogens with zero attached hydrogens (tertiary/aromatic N) is 2. The summed E-state index contributed by atoms with van der Waals surface area (Å²) in [6, 6.07) is 9.77. The lowest BCUT2D eigenvalue weighted by molar-refractivity contribution is 0.0942. The molecular weight excluding hydrogens is 339 g/mol. The van der Waals surface area contributed by atoms with Crippen LogP contribution < -0.4 is 11.1 Å². The van der Waals surface area contributed by atoms with Crippen molar-refractivity contribution < 1.29 is 9.18 Å². The lowest BCUT2D eigenvalue weighted by Crippen LogP contribution is -2.41. The first-order chi connectivity index (χ1) is 12.1. The lowest BCUT2D eigenvalue weighted by Gasteiger charge is -2.16. The summed E-state index contributed by atoms with van der Waals surface area (Å²) in [6.45, 7) is 0.309. The van der Waals surface area contributed by atoms with E-state index < -0.39 is 0 Å². The zero-order valence-corrected chi connectivity index (χ0v) is 14.6. The van der Waals surface area contributed by atoms with Crippen LogP contribution in [0.15, 0.2) is 48.0 Å². The van der Waals surface area contributed by atoms with Gasteiger partial charge >= 0.3 is 0 Å². The Morgan fingerprint density at radius 3 is 2.76 bits per heavy atom. The molecule has 3 aromatic rings. The maximum Gasteiger partial charge on any atom is 0.261 e. The highest BCUT2D eigenvalue weighted by Gasteiger charge is 2.16. The van der Waals surface area contributed by atoms with Crippen LogP contribution in [0, 0.1) is 5.82 Å². The van der Waals surface area contributed by atoms with Crippen LogP contribution in [0.1, 0.15) is 15.2 Å². The van der Waals surface area contributed by atoms with Gasteiger partial charge in [-0.2, -0.15) is 5.10 Å². The van der Waals surface area contributed by atoms with Gasteiger partial charge in [-0.05, 0) is 36.2 Å². The summed E-state index contributed by atoms with van der Waals surface area (Å²) < 4.78 is 14.8. The van der Waals surface area contributed by atoms with Crippen LogP contribution in [0.5, 0.6) is 0 Å². The molecule has 0 aliphatic rings. The van der Waals surface area contributed by atoms with Crippen LogP contribution in [-0.2, 0) is 13.5 Å². The number of hydrogen-bond acceptors (Lipinski definition) is 4. The number of nitrogens with two attached hydrogens (primary N) is 1. The number of halogens is 1. The number of hydrogen-bond donors (Lipinski definition) is 2. The number of thiophene rings is 1. The minimum absolute atomic E-state index is 0.156. The van der Waals surface area contributed by atoms with E-state index in [1.54, 1.807) is 23.0 Å². The summed E-state index contributed by atoms with van der Waals surface area (Å²) in [7, 11) is 1.86. The minimum Gasteiger partial charge on any atom is -0.347 e. The monoisotopic (exact) mass is 358 g/mol. The van der Waals surface area contributed by atoms with Crippen LogP contribution in [-0.4, -0.2) is 28.3 Å². The predicted molar refractivity (Wildman–Crippen MR) is 96.9 cm³/mol. The number of carbonyl (C=O) groups excluding carboxylic acids is 1. The molecule has 25 heavy (non-hydrogen) atoms. The molecule has 2 heterocycles. The Kier molecular flexibility index (Phi) is 5.25. The zero-order chi connectivity index (χ0) is 17.8. The largest absolute Gasteiger partial charge is 0.347 e. The van der Waals surface area contributed by atoms with Crippen molar-refractivity contribution in [1.29, 1.82) is 0 Å². The molecule has 0 aliphatic heterocycles. The molecule has 3 rings (SSSR count). The van der Waals surface area contributed by atoms with E-state index >= 15 is 0 Å². The molecule has 1 aromatic carbocycles. The van der Waals surface area contributed by atoms with E-state index in [2.05, 4.69) is 10.4 Å². The molecule has 0 unspecified atom stereocenters. The smallest absolute Gasteiger partial charge is 0.261 e. The average Bonchev–Trinajstić information content (AvgIpc) is 3.24. The van der Waals surface area contributed by atoms with E-state index in [0.29, 0.717) is 17.8 Å².